The van der Waals surface area contributed by atoms with Gasteiger partial charge in [0.2, 0.25) is 0 Å². The molecular formula is C18H19N2O5. The maximum Gasteiger partial charge on any atom is 0.286 e. The van der Waals surface area contributed by atoms with E-state index in [0.29, 0.717) is 18.7 Å². The van der Waals surface area contributed by atoms with E-state index in [2.05, 4.69) is 12.2 Å². The summed E-state index contributed by atoms with van der Waals surface area (Å²) in [5, 5.41) is 14.0. The molecule has 0 saturated carbocycles. The predicted octanol–water partition coefficient (Wildman–Crippen LogP) is 3.63. The van der Waals surface area contributed by atoms with Crippen molar-refractivity contribution in [2.45, 2.75) is 13.3 Å². The lowest BCUT2D eigenvalue weighted by Gasteiger charge is -2.12. The first-order valence-electron chi connectivity index (χ1n) is 7.68. The van der Waals surface area contributed by atoms with Gasteiger partial charge in [-0.05, 0) is 38.0 Å². The highest BCUT2D eigenvalue weighted by molar-refractivity contribution is 6.07. The van der Waals surface area contributed by atoms with Crippen molar-refractivity contribution in [1.82, 2.24) is 0 Å². The first kappa shape index (κ1) is 18.3. The second-order valence-electron chi connectivity index (χ2n) is 5.11. The molecule has 0 unspecified atom stereocenters. The topological polar surface area (TPSA) is 90.7 Å². The van der Waals surface area contributed by atoms with Crippen molar-refractivity contribution < 1.29 is 19.2 Å². The minimum atomic E-state index is -0.626. The normalized spacial score (nSPS) is 10.2. The first-order chi connectivity index (χ1) is 12.0. The first-order valence-corrected chi connectivity index (χ1v) is 7.68. The molecule has 1 radical (unpaired) electrons. The third-order valence-electron chi connectivity index (χ3n) is 3.52. The van der Waals surface area contributed by atoms with Crippen LogP contribution in [-0.2, 0) is 6.42 Å². The summed E-state index contributed by atoms with van der Waals surface area (Å²) in [6, 6.07) is 9.60. The molecule has 2 aromatic carbocycles. The Hall–Kier alpha value is -3.09. The van der Waals surface area contributed by atoms with E-state index in [-0.39, 0.29) is 22.7 Å². The molecule has 0 aliphatic rings. The molecule has 7 nitrogen and oxygen atoms in total. The number of hydrogen-bond donors (Lipinski definition) is 1. The second-order valence-corrected chi connectivity index (χ2v) is 5.11. The summed E-state index contributed by atoms with van der Waals surface area (Å²) in [7, 11) is 1.38. The Kier molecular flexibility index (Phi) is 5.94. The molecule has 0 heterocycles. The molecule has 2 aromatic rings. The number of carbonyl (C=O) groups excluding carboxylic acids is 1. The van der Waals surface area contributed by atoms with Crippen LogP contribution in [0, 0.1) is 17.0 Å². The highest BCUT2D eigenvalue weighted by Gasteiger charge is 2.24. The maximum absolute atomic E-state index is 12.5. The number of amides is 1. The number of anilines is 1. The molecule has 0 spiro atoms. The van der Waals surface area contributed by atoms with Gasteiger partial charge in [-0.1, -0.05) is 12.1 Å². The number of rotatable bonds is 7. The summed E-state index contributed by atoms with van der Waals surface area (Å²) >= 11 is 0. The van der Waals surface area contributed by atoms with Crippen LogP contribution in [0.3, 0.4) is 0 Å². The fraction of sp³-hybridized carbons (Fsp3) is 0.222. The molecule has 0 bridgehead atoms. The standard InChI is InChI=1S/C18H19N2O5/c1-4-12-6-8-13(9-7-12)19-18(21)14-10-17(25-5-2)16(24-3)11-15(14)20(22)23/h6-11H,1,4-5H2,2-3H3,(H,19,21). The summed E-state index contributed by atoms with van der Waals surface area (Å²) in [6.45, 7) is 5.88. The van der Waals surface area contributed by atoms with Gasteiger partial charge in [0, 0.05) is 11.8 Å². The van der Waals surface area contributed by atoms with Gasteiger partial charge in [0.1, 0.15) is 5.56 Å². The van der Waals surface area contributed by atoms with Gasteiger partial charge in [0.05, 0.1) is 24.7 Å². The van der Waals surface area contributed by atoms with Gasteiger partial charge < -0.3 is 14.8 Å². The van der Waals surface area contributed by atoms with Crippen molar-refractivity contribution in [1.29, 1.82) is 0 Å². The van der Waals surface area contributed by atoms with Crippen molar-refractivity contribution in [3.05, 3.63) is 64.6 Å². The molecule has 2 rings (SSSR count). The molecule has 0 aromatic heterocycles. The Balaban J connectivity index is 2.38. The van der Waals surface area contributed by atoms with Gasteiger partial charge in [-0.3, -0.25) is 14.9 Å². The number of benzene rings is 2. The molecule has 131 valence electrons. The number of carbonyl (C=O) groups is 1. The molecule has 0 saturated heterocycles. The van der Waals surface area contributed by atoms with E-state index in [9.17, 15) is 14.9 Å². The zero-order valence-electron chi connectivity index (χ0n) is 14.1. The zero-order valence-corrected chi connectivity index (χ0v) is 14.1. The van der Waals surface area contributed by atoms with E-state index in [1.54, 1.807) is 19.1 Å². The Morgan fingerprint density at radius 1 is 1.24 bits per heavy atom. The van der Waals surface area contributed by atoms with Gasteiger partial charge in [0.15, 0.2) is 11.5 Å². The van der Waals surface area contributed by atoms with Gasteiger partial charge >= 0.3 is 0 Å². The van der Waals surface area contributed by atoms with Crippen LogP contribution in [0.25, 0.3) is 0 Å². The zero-order chi connectivity index (χ0) is 18.4. The molecule has 1 amide bonds. The van der Waals surface area contributed by atoms with Crippen LogP contribution < -0.4 is 14.8 Å². The van der Waals surface area contributed by atoms with Crippen molar-refractivity contribution in [3.8, 4) is 11.5 Å². The van der Waals surface area contributed by atoms with Crippen molar-refractivity contribution >= 4 is 17.3 Å². The maximum atomic E-state index is 12.5. The predicted molar refractivity (Wildman–Crippen MR) is 94.3 cm³/mol. The summed E-state index contributed by atoms with van der Waals surface area (Å²) in [4.78, 5) is 23.2. The monoisotopic (exact) mass is 343 g/mol. The fourth-order valence-corrected chi connectivity index (χ4v) is 2.26. The Bertz CT molecular complexity index is 772. The SMILES string of the molecule is [CH2]Cc1ccc(NC(=O)c2cc(OCC)c(OC)cc2[N+](=O)[O-])cc1. The van der Waals surface area contributed by atoms with E-state index in [0.717, 1.165) is 5.56 Å². The smallest absolute Gasteiger partial charge is 0.286 e. The molecule has 0 aliphatic heterocycles. The van der Waals surface area contributed by atoms with Crippen LogP contribution in [0.2, 0.25) is 0 Å². The van der Waals surface area contributed by atoms with Crippen molar-refractivity contribution in [3.63, 3.8) is 0 Å². The average Bonchev–Trinajstić information content (AvgIpc) is 2.62. The van der Waals surface area contributed by atoms with E-state index in [1.807, 2.05) is 12.1 Å². The quantitative estimate of drug-likeness (QED) is 0.612. The van der Waals surface area contributed by atoms with Gasteiger partial charge in [0.25, 0.3) is 11.6 Å². The van der Waals surface area contributed by atoms with Crippen molar-refractivity contribution in [2.24, 2.45) is 0 Å². The third kappa shape index (κ3) is 4.26. The molecule has 0 atom stereocenters. The summed E-state index contributed by atoms with van der Waals surface area (Å²) in [5.74, 6) is -0.129. The highest BCUT2D eigenvalue weighted by atomic mass is 16.6. The number of nitro benzene ring substituents is 1. The second kappa shape index (κ2) is 8.14. The number of methoxy groups -OCH3 is 1. The summed E-state index contributed by atoms with van der Waals surface area (Å²) < 4.78 is 10.5. The van der Waals surface area contributed by atoms with Gasteiger partial charge in [-0.2, -0.15) is 0 Å². The largest absolute Gasteiger partial charge is 0.493 e. The number of hydrogen-bond acceptors (Lipinski definition) is 5. The van der Waals surface area contributed by atoms with Crippen molar-refractivity contribution in [2.75, 3.05) is 19.0 Å². The lowest BCUT2D eigenvalue weighted by atomic mass is 10.1. The molecule has 25 heavy (non-hydrogen) atoms. The number of nitrogens with zero attached hydrogens (tertiary/aromatic N) is 1. The average molecular weight is 343 g/mol. The van der Waals surface area contributed by atoms with E-state index in [1.165, 1.54) is 19.2 Å². The number of nitro groups is 1. The third-order valence-corrected chi connectivity index (χ3v) is 3.52. The minimum Gasteiger partial charge on any atom is -0.493 e. The highest BCUT2D eigenvalue weighted by Crippen LogP contribution is 2.35. The molecule has 0 aliphatic carbocycles. The Morgan fingerprint density at radius 2 is 1.92 bits per heavy atom. The van der Waals surface area contributed by atoms with Gasteiger partial charge in [-0.25, -0.2) is 0 Å². The minimum absolute atomic E-state index is 0.101. The molecule has 7 heteroatoms. The van der Waals surface area contributed by atoms with Gasteiger partial charge in [-0.15, -0.1) is 0 Å². The summed E-state index contributed by atoms with van der Waals surface area (Å²) in [5.41, 5.74) is 1.10. The molecule has 1 N–H and O–H groups in total. The lowest BCUT2D eigenvalue weighted by Crippen LogP contribution is -2.14. The van der Waals surface area contributed by atoms with Crippen LogP contribution in [0.15, 0.2) is 36.4 Å². The van der Waals surface area contributed by atoms with E-state index >= 15 is 0 Å². The Labute approximate surface area is 145 Å². The van der Waals surface area contributed by atoms with Crippen LogP contribution in [0.5, 0.6) is 11.5 Å². The van der Waals surface area contributed by atoms with E-state index < -0.39 is 10.8 Å². The Morgan fingerprint density at radius 3 is 2.44 bits per heavy atom. The van der Waals surface area contributed by atoms with Crippen LogP contribution in [-0.4, -0.2) is 24.5 Å². The number of ether oxygens (including phenoxy) is 2. The summed E-state index contributed by atoms with van der Waals surface area (Å²) in [6.07, 6.45) is 0.635. The molecule has 0 fully saturated rings. The van der Waals surface area contributed by atoms with Crippen LogP contribution in [0.4, 0.5) is 11.4 Å². The van der Waals surface area contributed by atoms with E-state index in [4.69, 9.17) is 9.47 Å². The van der Waals surface area contributed by atoms with Crippen LogP contribution >= 0.6 is 0 Å². The molecular weight excluding hydrogens is 324 g/mol. The van der Waals surface area contributed by atoms with Crippen LogP contribution in [0.1, 0.15) is 22.8 Å². The lowest BCUT2D eigenvalue weighted by molar-refractivity contribution is -0.385. The fourth-order valence-electron chi connectivity index (χ4n) is 2.26. The number of nitrogens with one attached hydrogen (secondary N) is 1.